The first kappa shape index (κ1) is 7.30. The van der Waals surface area contributed by atoms with Crippen molar-refractivity contribution in [1.29, 1.82) is 0 Å². The molecule has 0 radical (unpaired) electrons. The van der Waals surface area contributed by atoms with E-state index in [1.165, 1.54) is 25.8 Å². The lowest BCUT2D eigenvalue weighted by atomic mass is 9.68. The van der Waals surface area contributed by atoms with Crippen molar-refractivity contribution < 1.29 is 4.74 Å². The molecule has 0 aromatic heterocycles. The molecule has 12 heavy (non-hydrogen) atoms. The minimum Gasteiger partial charge on any atom is -0.357 e. The zero-order valence-electron chi connectivity index (χ0n) is 7.36. The molecule has 2 aliphatic heterocycles. The van der Waals surface area contributed by atoms with Gasteiger partial charge in [0.2, 0.25) is 0 Å². The third kappa shape index (κ3) is 0.873. The van der Waals surface area contributed by atoms with Crippen molar-refractivity contribution in [3.8, 4) is 0 Å². The average Bonchev–Trinajstić information content (AvgIpc) is 1.99. The molecule has 0 bridgehead atoms. The molecule has 2 N–H and O–H groups in total. The van der Waals surface area contributed by atoms with Crippen molar-refractivity contribution in [2.24, 2.45) is 5.41 Å². The van der Waals surface area contributed by atoms with Crippen LogP contribution >= 0.6 is 0 Å². The minimum absolute atomic E-state index is 0.0286. The quantitative estimate of drug-likeness (QED) is 0.537. The Morgan fingerprint density at radius 2 is 1.92 bits per heavy atom. The van der Waals surface area contributed by atoms with Gasteiger partial charge < -0.3 is 10.1 Å². The second-order valence-corrected chi connectivity index (χ2v) is 4.59. The van der Waals surface area contributed by atoms with Crippen LogP contribution in [0.3, 0.4) is 0 Å². The van der Waals surface area contributed by atoms with E-state index in [0.29, 0.717) is 5.41 Å². The average molecular weight is 168 g/mol. The van der Waals surface area contributed by atoms with Crippen molar-refractivity contribution in [3.63, 3.8) is 0 Å². The predicted octanol–water partition coefficient (Wildman–Crippen LogP) is 0.0760. The van der Waals surface area contributed by atoms with E-state index in [-0.39, 0.29) is 5.72 Å². The summed E-state index contributed by atoms with van der Waals surface area (Å²) in [5.74, 6) is 0. The first-order chi connectivity index (χ1) is 5.83. The maximum atomic E-state index is 5.89. The molecule has 68 valence electrons. The van der Waals surface area contributed by atoms with E-state index in [9.17, 15) is 0 Å². The summed E-state index contributed by atoms with van der Waals surface area (Å²) in [4.78, 5) is 0. The number of hydrogen-bond donors (Lipinski definition) is 2. The van der Waals surface area contributed by atoms with Crippen molar-refractivity contribution in [3.05, 3.63) is 0 Å². The van der Waals surface area contributed by atoms with Gasteiger partial charge in [-0.15, -0.1) is 0 Å². The number of ether oxygens (including phenoxy) is 1. The molecular weight excluding hydrogens is 152 g/mol. The van der Waals surface area contributed by atoms with Crippen LogP contribution < -0.4 is 10.6 Å². The van der Waals surface area contributed by atoms with Crippen LogP contribution in [0.5, 0.6) is 0 Å². The van der Waals surface area contributed by atoms with Gasteiger partial charge in [0.1, 0.15) is 5.72 Å². The van der Waals surface area contributed by atoms with Gasteiger partial charge in [-0.1, -0.05) is 6.42 Å². The van der Waals surface area contributed by atoms with Gasteiger partial charge in [0.25, 0.3) is 0 Å². The van der Waals surface area contributed by atoms with E-state index in [0.717, 1.165) is 19.7 Å². The number of nitrogens with one attached hydrogen (secondary N) is 2. The molecule has 3 rings (SSSR count). The molecular formula is C9H16N2O. The molecule has 3 nitrogen and oxygen atoms in total. The Morgan fingerprint density at radius 3 is 2.25 bits per heavy atom. The highest BCUT2D eigenvalue weighted by molar-refractivity contribution is 5.01. The van der Waals surface area contributed by atoms with Crippen LogP contribution in [-0.2, 0) is 4.74 Å². The van der Waals surface area contributed by atoms with Gasteiger partial charge in [0, 0.05) is 25.0 Å². The molecule has 1 aliphatic carbocycles. The summed E-state index contributed by atoms with van der Waals surface area (Å²) in [7, 11) is 0. The molecule has 1 saturated carbocycles. The van der Waals surface area contributed by atoms with Gasteiger partial charge in [-0.3, -0.25) is 5.32 Å². The maximum absolute atomic E-state index is 5.89. The van der Waals surface area contributed by atoms with E-state index in [2.05, 4.69) is 10.6 Å². The zero-order chi connectivity index (χ0) is 8.07. The third-order valence-corrected chi connectivity index (χ3v) is 3.68. The first-order valence-electron chi connectivity index (χ1n) is 4.92. The van der Waals surface area contributed by atoms with Crippen LogP contribution in [0.15, 0.2) is 0 Å². The normalized spacial score (nSPS) is 36.0. The zero-order valence-corrected chi connectivity index (χ0v) is 7.36. The number of rotatable bonds is 0. The monoisotopic (exact) mass is 168 g/mol. The van der Waals surface area contributed by atoms with Crippen LogP contribution in [0.2, 0.25) is 0 Å². The van der Waals surface area contributed by atoms with E-state index < -0.39 is 0 Å². The van der Waals surface area contributed by atoms with E-state index in [1.807, 2.05) is 0 Å². The van der Waals surface area contributed by atoms with Crippen molar-refractivity contribution in [2.75, 3.05) is 26.2 Å². The highest BCUT2D eigenvalue weighted by atomic mass is 16.5. The van der Waals surface area contributed by atoms with Gasteiger partial charge in [-0.25, -0.2) is 0 Å². The molecule has 3 fully saturated rings. The highest BCUT2D eigenvalue weighted by Gasteiger charge is 2.48. The van der Waals surface area contributed by atoms with Gasteiger partial charge >= 0.3 is 0 Å². The molecule has 0 atom stereocenters. The molecule has 0 unspecified atom stereocenters. The van der Waals surface area contributed by atoms with Crippen molar-refractivity contribution >= 4 is 0 Å². The van der Waals surface area contributed by atoms with Crippen molar-refractivity contribution in [1.82, 2.24) is 10.6 Å². The Kier molecular flexibility index (Phi) is 1.35. The Hall–Kier alpha value is -0.120. The molecule has 2 saturated heterocycles. The maximum Gasteiger partial charge on any atom is 0.144 e. The lowest BCUT2D eigenvalue weighted by molar-refractivity contribution is -0.185. The van der Waals surface area contributed by atoms with Crippen molar-refractivity contribution in [2.45, 2.75) is 25.0 Å². The fourth-order valence-corrected chi connectivity index (χ4v) is 2.32. The molecule has 0 aromatic rings. The van der Waals surface area contributed by atoms with Gasteiger partial charge in [-0.05, 0) is 12.8 Å². The molecule has 3 heteroatoms. The van der Waals surface area contributed by atoms with Gasteiger partial charge in [-0.2, -0.15) is 0 Å². The SMILES string of the molecule is C1CC2(C1)CNC1(CNC1)OC2. The summed E-state index contributed by atoms with van der Waals surface area (Å²) in [5, 5.41) is 6.79. The molecule has 3 aliphatic rings. The Morgan fingerprint density at radius 1 is 1.08 bits per heavy atom. The van der Waals surface area contributed by atoms with Gasteiger partial charge in [0.05, 0.1) is 6.61 Å². The van der Waals surface area contributed by atoms with Crippen LogP contribution in [0, 0.1) is 5.41 Å². The standard InChI is InChI=1S/C9H16N2O/c1-2-8(3-1)4-11-9(12-7-8)5-10-6-9/h10-11H,1-7H2. The minimum atomic E-state index is 0.0286. The summed E-state index contributed by atoms with van der Waals surface area (Å²) >= 11 is 0. The lowest BCUT2D eigenvalue weighted by Gasteiger charge is -2.54. The summed E-state index contributed by atoms with van der Waals surface area (Å²) in [6.07, 6.45) is 4.13. The van der Waals surface area contributed by atoms with E-state index in [4.69, 9.17) is 4.74 Å². The number of hydrogen-bond acceptors (Lipinski definition) is 3. The van der Waals surface area contributed by atoms with Crippen LogP contribution in [0.4, 0.5) is 0 Å². The fraction of sp³-hybridized carbons (Fsp3) is 1.00. The lowest BCUT2D eigenvalue weighted by Crippen LogP contribution is -2.74. The summed E-state index contributed by atoms with van der Waals surface area (Å²) in [5.41, 5.74) is 0.557. The van der Waals surface area contributed by atoms with Crippen LogP contribution in [0.1, 0.15) is 19.3 Å². The van der Waals surface area contributed by atoms with E-state index in [1.54, 1.807) is 0 Å². The predicted molar refractivity (Wildman–Crippen MR) is 45.8 cm³/mol. The molecule has 0 amide bonds. The molecule has 2 spiro atoms. The first-order valence-corrected chi connectivity index (χ1v) is 4.92. The Bertz CT molecular complexity index is 163. The van der Waals surface area contributed by atoms with E-state index >= 15 is 0 Å². The summed E-state index contributed by atoms with van der Waals surface area (Å²) in [6, 6.07) is 0. The summed E-state index contributed by atoms with van der Waals surface area (Å²) < 4.78 is 5.89. The van der Waals surface area contributed by atoms with Crippen LogP contribution in [0.25, 0.3) is 0 Å². The molecule has 0 aromatic carbocycles. The fourth-order valence-electron chi connectivity index (χ4n) is 2.32. The Balaban J connectivity index is 1.65. The Labute approximate surface area is 72.9 Å². The highest BCUT2D eigenvalue weighted by Crippen LogP contribution is 2.43. The largest absolute Gasteiger partial charge is 0.357 e. The molecule has 2 heterocycles. The summed E-state index contributed by atoms with van der Waals surface area (Å²) in [6.45, 7) is 4.14. The smallest absolute Gasteiger partial charge is 0.144 e. The van der Waals surface area contributed by atoms with Crippen LogP contribution in [-0.4, -0.2) is 32.0 Å². The topological polar surface area (TPSA) is 33.3 Å². The second-order valence-electron chi connectivity index (χ2n) is 4.59. The third-order valence-electron chi connectivity index (χ3n) is 3.68. The second kappa shape index (κ2) is 2.22. The van der Waals surface area contributed by atoms with Gasteiger partial charge in [0.15, 0.2) is 0 Å².